The van der Waals surface area contributed by atoms with Crippen molar-refractivity contribution < 1.29 is 9.53 Å². The largest absolute Gasteiger partial charge is 0.469 e. The van der Waals surface area contributed by atoms with E-state index in [0.717, 1.165) is 19.5 Å². The van der Waals surface area contributed by atoms with Gasteiger partial charge in [-0.05, 0) is 47.0 Å². The van der Waals surface area contributed by atoms with Crippen LogP contribution in [0.5, 0.6) is 0 Å². The van der Waals surface area contributed by atoms with Crippen molar-refractivity contribution in [2.24, 2.45) is 5.92 Å². The minimum atomic E-state index is -0.145. The fourth-order valence-corrected chi connectivity index (χ4v) is 1.45. The zero-order valence-corrected chi connectivity index (χ0v) is 11.2. The number of nitrogens with one attached hydrogen (secondary N) is 1. The van der Waals surface area contributed by atoms with E-state index in [1.165, 1.54) is 13.5 Å². The Kier molecular flexibility index (Phi) is 8.21. The minimum absolute atomic E-state index is 0.0844. The van der Waals surface area contributed by atoms with Gasteiger partial charge < -0.3 is 15.0 Å². The van der Waals surface area contributed by atoms with Crippen molar-refractivity contribution in [1.82, 2.24) is 10.2 Å². The number of unbranched alkanes of at least 4 members (excludes halogenated alkanes) is 1. The molecule has 96 valence electrons. The molecule has 2 unspecified atom stereocenters. The highest BCUT2D eigenvalue weighted by Crippen LogP contribution is 2.04. The molecule has 0 aliphatic heterocycles. The lowest BCUT2D eigenvalue weighted by molar-refractivity contribution is -0.145. The fraction of sp³-hybridized carbons (Fsp3) is 0.917. The summed E-state index contributed by atoms with van der Waals surface area (Å²) in [5, 5.41) is 3.35. The summed E-state index contributed by atoms with van der Waals surface area (Å²) in [5.41, 5.74) is 0. The minimum Gasteiger partial charge on any atom is -0.469 e. The van der Waals surface area contributed by atoms with Crippen molar-refractivity contribution in [3.05, 3.63) is 0 Å². The van der Waals surface area contributed by atoms with Crippen LogP contribution < -0.4 is 5.32 Å². The summed E-state index contributed by atoms with van der Waals surface area (Å²) in [5.74, 6) is -0.229. The van der Waals surface area contributed by atoms with Crippen LogP contribution in [0.15, 0.2) is 0 Å². The highest BCUT2D eigenvalue weighted by atomic mass is 16.5. The Balaban J connectivity index is 3.57. The van der Waals surface area contributed by atoms with Gasteiger partial charge in [-0.2, -0.15) is 0 Å². The third kappa shape index (κ3) is 6.80. The van der Waals surface area contributed by atoms with Crippen molar-refractivity contribution in [2.75, 3.05) is 34.3 Å². The molecule has 1 N–H and O–H groups in total. The monoisotopic (exact) mass is 230 g/mol. The number of nitrogens with zero attached hydrogens (tertiary/aromatic N) is 1. The molecule has 4 heteroatoms. The second-order valence-electron chi connectivity index (χ2n) is 4.57. The second kappa shape index (κ2) is 8.53. The molecule has 0 spiro atoms. The number of rotatable bonds is 8. The summed E-state index contributed by atoms with van der Waals surface area (Å²) < 4.78 is 4.71. The number of carbonyl (C=O) groups is 1. The Morgan fingerprint density at radius 3 is 2.44 bits per heavy atom. The maximum Gasteiger partial charge on any atom is 0.309 e. The third-order valence-electron chi connectivity index (χ3n) is 2.82. The number of hydrogen-bond donors (Lipinski definition) is 1. The molecule has 0 aromatic heterocycles. The van der Waals surface area contributed by atoms with Gasteiger partial charge >= 0.3 is 5.97 Å². The van der Waals surface area contributed by atoms with E-state index in [9.17, 15) is 4.79 Å². The average molecular weight is 230 g/mol. The number of methoxy groups -OCH3 is 1. The van der Waals surface area contributed by atoms with Gasteiger partial charge in [-0.25, -0.2) is 0 Å². The number of ether oxygens (including phenoxy) is 1. The van der Waals surface area contributed by atoms with E-state index in [2.05, 4.69) is 24.3 Å². The van der Waals surface area contributed by atoms with Gasteiger partial charge in [0, 0.05) is 6.04 Å². The molecule has 0 aromatic carbocycles. The molecule has 0 aromatic rings. The molecule has 0 heterocycles. The highest BCUT2D eigenvalue weighted by molar-refractivity contribution is 5.72. The first-order valence-corrected chi connectivity index (χ1v) is 5.95. The summed E-state index contributed by atoms with van der Waals surface area (Å²) in [6.45, 7) is 5.98. The zero-order chi connectivity index (χ0) is 12.6. The van der Waals surface area contributed by atoms with E-state index in [4.69, 9.17) is 4.74 Å². The second-order valence-corrected chi connectivity index (χ2v) is 4.57. The molecule has 16 heavy (non-hydrogen) atoms. The van der Waals surface area contributed by atoms with E-state index < -0.39 is 0 Å². The van der Waals surface area contributed by atoms with E-state index in [1.807, 2.05) is 13.8 Å². The van der Waals surface area contributed by atoms with Crippen LogP contribution in [-0.4, -0.2) is 51.2 Å². The van der Waals surface area contributed by atoms with E-state index in [-0.39, 0.29) is 17.9 Å². The van der Waals surface area contributed by atoms with Gasteiger partial charge in [0.15, 0.2) is 0 Å². The normalized spacial score (nSPS) is 14.9. The zero-order valence-electron chi connectivity index (χ0n) is 11.2. The van der Waals surface area contributed by atoms with Gasteiger partial charge in [0.25, 0.3) is 0 Å². The fourth-order valence-electron chi connectivity index (χ4n) is 1.45. The molecule has 0 amide bonds. The Bertz CT molecular complexity index is 195. The van der Waals surface area contributed by atoms with Crippen molar-refractivity contribution in [2.45, 2.75) is 32.7 Å². The Hall–Kier alpha value is -0.610. The summed E-state index contributed by atoms with van der Waals surface area (Å²) >= 11 is 0. The van der Waals surface area contributed by atoms with Gasteiger partial charge in [-0.1, -0.05) is 6.92 Å². The molecule has 0 radical (unpaired) electrons. The maximum atomic E-state index is 11.3. The first kappa shape index (κ1) is 15.4. The lowest BCUT2D eigenvalue weighted by Gasteiger charge is -2.19. The molecule has 0 saturated heterocycles. The van der Waals surface area contributed by atoms with Crippen molar-refractivity contribution in [3.8, 4) is 0 Å². The van der Waals surface area contributed by atoms with Crippen LogP contribution in [-0.2, 0) is 9.53 Å². The summed E-state index contributed by atoms with van der Waals surface area (Å²) in [6.07, 6.45) is 2.32. The van der Waals surface area contributed by atoms with E-state index >= 15 is 0 Å². The Labute approximate surface area is 99.3 Å². The smallest absolute Gasteiger partial charge is 0.309 e. The van der Waals surface area contributed by atoms with Crippen molar-refractivity contribution >= 4 is 5.97 Å². The summed E-state index contributed by atoms with van der Waals surface area (Å²) in [4.78, 5) is 13.4. The SMILES string of the molecule is COC(=O)C(C)C(C)NCCCCN(C)C. The summed E-state index contributed by atoms with van der Waals surface area (Å²) in [6, 6.07) is 0.173. The van der Waals surface area contributed by atoms with Crippen LogP contribution in [0.1, 0.15) is 26.7 Å². The third-order valence-corrected chi connectivity index (χ3v) is 2.82. The standard InChI is InChI=1S/C12H26N2O2/c1-10(12(15)16-5)11(2)13-8-6-7-9-14(3)4/h10-11,13H,6-9H2,1-5H3. The molecular weight excluding hydrogens is 204 g/mol. The average Bonchev–Trinajstić information content (AvgIpc) is 2.25. The predicted molar refractivity (Wildman–Crippen MR) is 66.4 cm³/mol. The van der Waals surface area contributed by atoms with Gasteiger partial charge in [0.2, 0.25) is 0 Å². The van der Waals surface area contributed by atoms with Gasteiger partial charge in [0.05, 0.1) is 13.0 Å². The number of esters is 1. The molecule has 0 fully saturated rings. The first-order chi connectivity index (χ1) is 7.49. The van der Waals surface area contributed by atoms with Crippen molar-refractivity contribution in [3.63, 3.8) is 0 Å². The van der Waals surface area contributed by atoms with Crippen LogP contribution in [0.3, 0.4) is 0 Å². The quantitative estimate of drug-likeness (QED) is 0.501. The van der Waals surface area contributed by atoms with Crippen molar-refractivity contribution in [1.29, 1.82) is 0 Å². The van der Waals surface area contributed by atoms with Crippen LogP contribution in [0.2, 0.25) is 0 Å². The molecule has 0 rings (SSSR count). The Morgan fingerprint density at radius 1 is 1.31 bits per heavy atom. The predicted octanol–water partition coefficient (Wildman–Crippen LogP) is 1.12. The number of carbonyl (C=O) groups excluding carboxylic acids is 1. The number of hydrogen-bond acceptors (Lipinski definition) is 4. The molecule has 2 atom stereocenters. The van der Waals surface area contributed by atoms with E-state index in [0.29, 0.717) is 0 Å². The molecule has 0 aliphatic carbocycles. The van der Waals surface area contributed by atoms with Gasteiger partial charge in [0.1, 0.15) is 0 Å². The molecule has 0 bridgehead atoms. The van der Waals surface area contributed by atoms with Crippen LogP contribution >= 0.6 is 0 Å². The first-order valence-electron chi connectivity index (χ1n) is 5.95. The molecular formula is C12H26N2O2. The van der Waals surface area contributed by atoms with E-state index in [1.54, 1.807) is 0 Å². The molecule has 4 nitrogen and oxygen atoms in total. The lowest BCUT2D eigenvalue weighted by Crippen LogP contribution is -2.37. The summed E-state index contributed by atoms with van der Waals surface area (Å²) in [7, 11) is 5.59. The van der Waals surface area contributed by atoms with Crippen LogP contribution in [0.4, 0.5) is 0 Å². The van der Waals surface area contributed by atoms with Crippen LogP contribution in [0, 0.1) is 5.92 Å². The highest BCUT2D eigenvalue weighted by Gasteiger charge is 2.19. The lowest BCUT2D eigenvalue weighted by atomic mass is 10.0. The maximum absolute atomic E-state index is 11.3. The molecule has 0 aliphatic rings. The molecule has 0 saturated carbocycles. The Morgan fingerprint density at radius 2 is 1.94 bits per heavy atom. The van der Waals surface area contributed by atoms with Crippen LogP contribution in [0.25, 0.3) is 0 Å². The van der Waals surface area contributed by atoms with Gasteiger partial charge in [-0.3, -0.25) is 4.79 Å². The topological polar surface area (TPSA) is 41.6 Å². The van der Waals surface area contributed by atoms with Gasteiger partial charge in [-0.15, -0.1) is 0 Å².